The zero-order valence-corrected chi connectivity index (χ0v) is 14.8. The summed E-state index contributed by atoms with van der Waals surface area (Å²) in [7, 11) is 0. The molecule has 2 aliphatic rings. The van der Waals surface area contributed by atoms with Crippen molar-refractivity contribution < 1.29 is 14.3 Å². The van der Waals surface area contributed by atoms with E-state index >= 15 is 0 Å². The molecule has 2 heterocycles. The summed E-state index contributed by atoms with van der Waals surface area (Å²) in [5, 5.41) is 8.54. The molecule has 0 aromatic rings. The number of urea groups is 1. The fourth-order valence-electron chi connectivity index (χ4n) is 3.59. The summed E-state index contributed by atoms with van der Waals surface area (Å²) < 4.78 is 5.94. The number of ether oxygens (including phenoxy) is 1. The van der Waals surface area contributed by atoms with Gasteiger partial charge in [0.1, 0.15) is 6.04 Å². The first-order chi connectivity index (χ1) is 10.8. The highest BCUT2D eigenvalue weighted by molar-refractivity contribution is 5.87. The molecule has 6 heteroatoms. The first kappa shape index (κ1) is 18.0. The van der Waals surface area contributed by atoms with Crippen LogP contribution in [0.2, 0.25) is 0 Å². The van der Waals surface area contributed by atoms with Crippen molar-refractivity contribution in [2.75, 3.05) is 19.7 Å². The summed E-state index contributed by atoms with van der Waals surface area (Å²) in [4.78, 5) is 24.0. The Morgan fingerprint density at radius 1 is 1.35 bits per heavy atom. The van der Waals surface area contributed by atoms with Gasteiger partial charge in [-0.15, -0.1) is 0 Å². The highest BCUT2D eigenvalue weighted by atomic mass is 16.5. The largest absolute Gasteiger partial charge is 0.377 e. The van der Waals surface area contributed by atoms with Crippen LogP contribution in [0, 0.1) is 17.3 Å². The minimum atomic E-state index is -0.440. The number of nitrogens with one attached hydrogen (secondary N) is 3. The fraction of sp³-hybridized carbons (Fsp3) is 0.882. The van der Waals surface area contributed by atoms with E-state index in [1.54, 1.807) is 0 Å². The van der Waals surface area contributed by atoms with Gasteiger partial charge in [-0.25, -0.2) is 4.79 Å². The summed E-state index contributed by atoms with van der Waals surface area (Å²) in [6.07, 6.45) is 3.12. The van der Waals surface area contributed by atoms with Gasteiger partial charge in [-0.2, -0.15) is 0 Å². The molecule has 3 N–H and O–H groups in total. The van der Waals surface area contributed by atoms with Gasteiger partial charge in [0.15, 0.2) is 0 Å². The van der Waals surface area contributed by atoms with Crippen LogP contribution in [0.4, 0.5) is 4.79 Å². The second-order valence-corrected chi connectivity index (χ2v) is 7.95. The number of carbonyl (C=O) groups excluding carboxylic acids is 2. The Balaban J connectivity index is 1.84. The smallest absolute Gasteiger partial charge is 0.315 e. The maximum atomic E-state index is 12.2. The SMILES string of the molecule is CC1CCNC(=O)C1NC(=O)NCC1CCCOC1C(C)(C)C. The van der Waals surface area contributed by atoms with E-state index in [1.165, 1.54) is 0 Å². The van der Waals surface area contributed by atoms with E-state index in [2.05, 4.69) is 36.7 Å². The Labute approximate surface area is 139 Å². The molecule has 2 aliphatic heterocycles. The van der Waals surface area contributed by atoms with Gasteiger partial charge in [-0.1, -0.05) is 27.7 Å². The lowest BCUT2D eigenvalue weighted by molar-refractivity contribution is -0.125. The van der Waals surface area contributed by atoms with E-state index < -0.39 is 6.04 Å². The normalized spacial score (nSPS) is 32.1. The van der Waals surface area contributed by atoms with Gasteiger partial charge in [-0.05, 0) is 30.6 Å². The standard InChI is InChI=1S/C17H31N3O3/c1-11-7-8-18-15(21)13(11)20-16(22)19-10-12-6-5-9-23-14(12)17(2,3)4/h11-14H,5-10H2,1-4H3,(H,18,21)(H2,19,20,22). The molecular weight excluding hydrogens is 294 g/mol. The molecule has 4 unspecified atom stereocenters. The molecule has 2 rings (SSSR count). The van der Waals surface area contributed by atoms with Crippen molar-refractivity contribution in [2.45, 2.75) is 59.1 Å². The van der Waals surface area contributed by atoms with Gasteiger partial charge in [0.25, 0.3) is 0 Å². The third kappa shape index (κ3) is 4.83. The van der Waals surface area contributed by atoms with Crippen LogP contribution in [0.1, 0.15) is 47.0 Å². The number of hydrogen-bond acceptors (Lipinski definition) is 3. The second kappa shape index (κ2) is 7.51. The number of carbonyl (C=O) groups is 2. The van der Waals surface area contributed by atoms with E-state index in [4.69, 9.17) is 4.74 Å². The second-order valence-electron chi connectivity index (χ2n) is 7.95. The highest BCUT2D eigenvalue weighted by Gasteiger charge is 2.36. The summed E-state index contributed by atoms with van der Waals surface area (Å²) in [6.45, 7) is 10.6. The van der Waals surface area contributed by atoms with E-state index in [-0.39, 0.29) is 29.4 Å². The van der Waals surface area contributed by atoms with Crippen molar-refractivity contribution in [1.29, 1.82) is 0 Å². The van der Waals surface area contributed by atoms with Crippen LogP contribution in [0.5, 0.6) is 0 Å². The van der Waals surface area contributed by atoms with Crippen LogP contribution in [0.15, 0.2) is 0 Å². The van der Waals surface area contributed by atoms with E-state index in [0.29, 0.717) is 19.0 Å². The molecule has 4 atom stereocenters. The van der Waals surface area contributed by atoms with E-state index in [9.17, 15) is 9.59 Å². The molecule has 23 heavy (non-hydrogen) atoms. The maximum Gasteiger partial charge on any atom is 0.315 e. The summed E-state index contributed by atoms with van der Waals surface area (Å²) in [6, 6.07) is -0.707. The summed E-state index contributed by atoms with van der Waals surface area (Å²) >= 11 is 0. The van der Waals surface area contributed by atoms with Crippen molar-refractivity contribution in [3.05, 3.63) is 0 Å². The Kier molecular flexibility index (Phi) is 5.89. The molecule has 3 amide bonds. The predicted octanol–water partition coefficient (Wildman–Crippen LogP) is 1.65. The lowest BCUT2D eigenvalue weighted by atomic mass is 9.78. The minimum Gasteiger partial charge on any atom is -0.377 e. The molecule has 0 aliphatic carbocycles. The summed E-state index contributed by atoms with van der Waals surface area (Å²) in [5.74, 6) is 0.384. The zero-order valence-electron chi connectivity index (χ0n) is 14.8. The Bertz CT molecular complexity index is 433. The molecule has 0 radical (unpaired) electrons. The fourth-order valence-corrected chi connectivity index (χ4v) is 3.59. The number of amides is 3. The summed E-state index contributed by atoms with van der Waals surface area (Å²) in [5.41, 5.74) is 0.0566. The van der Waals surface area contributed by atoms with Crippen molar-refractivity contribution >= 4 is 11.9 Å². The molecule has 2 fully saturated rings. The maximum absolute atomic E-state index is 12.2. The third-order valence-electron chi connectivity index (χ3n) is 4.86. The average Bonchev–Trinajstić information content (AvgIpc) is 2.48. The van der Waals surface area contributed by atoms with Crippen molar-refractivity contribution in [3.63, 3.8) is 0 Å². The lowest BCUT2D eigenvalue weighted by Crippen LogP contribution is -2.57. The van der Waals surface area contributed by atoms with Crippen LogP contribution in [0.3, 0.4) is 0 Å². The zero-order chi connectivity index (χ0) is 17.0. The van der Waals surface area contributed by atoms with Crippen molar-refractivity contribution in [3.8, 4) is 0 Å². The Morgan fingerprint density at radius 3 is 2.74 bits per heavy atom. The van der Waals surface area contributed by atoms with Crippen molar-refractivity contribution in [1.82, 2.24) is 16.0 Å². The highest BCUT2D eigenvalue weighted by Crippen LogP contribution is 2.33. The van der Waals surface area contributed by atoms with Crippen LogP contribution in [-0.2, 0) is 9.53 Å². The predicted molar refractivity (Wildman–Crippen MR) is 89.0 cm³/mol. The first-order valence-electron chi connectivity index (χ1n) is 8.72. The minimum absolute atomic E-state index is 0.0566. The van der Waals surface area contributed by atoms with Gasteiger partial charge < -0.3 is 20.7 Å². The molecule has 0 saturated carbocycles. The molecule has 0 aromatic heterocycles. The van der Waals surface area contributed by atoms with Crippen LogP contribution >= 0.6 is 0 Å². The van der Waals surface area contributed by atoms with Crippen LogP contribution in [-0.4, -0.2) is 43.8 Å². The molecule has 6 nitrogen and oxygen atoms in total. The molecule has 0 spiro atoms. The first-order valence-corrected chi connectivity index (χ1v) is 8.72. The van der Waals surface area contributed by atoms with E-state index in [0.717, 1.165) is 25.9 Å². The quantitative estimate of drug-likeness (QED) is 0.738. The van der Waals surface area contributed by atoms with Gasteiger partial charge in [-0.3, -0.25) is 4.79 Å². The van der Waals surface area contributed by atoms with Crippen LogP contribution < -0.4 is 16.0 Å². The Morgan fingerprint density at radius 2 is 2.09 bits per heavy atom. The average molecular weight is 325 g/mol. The molecular formula is C17H31N3O3. The number of rotatable bonds is 3. The molecule has 0 bridgehead atoms. The van der Waals surface area contributed by atoms with Gasteiger partial charge in [0.2, 0.25) is 5.91 Å². The molecule has 0 aromatic carbocycles. The number of piperidine rings is 1. The molecule has 2 saturated heterocycles. The Hall–Kier alpha value is -1.30. The van der Waals surface area contributed by atoms with E-state index in [1.807, 2.05) is 6.92 Å². The van der Waals surface area contributed by atoms with Crippen LogP contribution in [0.25, 0.3) is 0 Å². The van der Waals surface area contributed by atoms with Gasteiger partial charge in [0, 0.05) is 25.6 Å². The monoisotopic (exact) mass is 325 g/mol. The lowest BCUT2D eigenvalue weighted by Gasteiger charge is -2.40. The van der Waals surface area contributed by atoms with Crippen molar-refractivity contribution in [2.24, 2.45) is 17.3 Å². The van der Waals surface area contributed by atoms with Gasteiger partial charge >= 0.3 is 6.03 Å². The van der Waals surface area contributed by atoms with Gasteiger partial charge in [0.05, 0.1) is 6.10 Å². The number of hydrogen-bond donors (Lipinski definition) is 3. The third-order valence-corrected chi connectivity index (χ3v) is 4.86. The molecule has 132 valence electrons. The topological polar surface area (TPSA) is 79.5 Å².